The van der Waals surface area contributed by atoms with Crippen LogP contribution in [0.3, 0.4) is 0 Å². The van der Waals surface area contributed by atoms with E-state index in [4.69, 9.17) is 21.1 Å². The lowest BCUT2D eigenvalue weighted by Crippen LogP contribution is -2.31. The fraction of sp³-hybridized carbons (Fsp3) is 0.222. The van der Waals surface area contributed by atoms with Crippen molar-refractivity contribution in [3.05, 3.63) is 64.7 Å². The SMILES string of the molecule is COc1ccc([C@@H](C)NC(=O)COC(=O)c2ccc(Cl)cc2)cc1. The van der Waals surface area contributed by atoms with Crippen LogP contribution in [0.4, 0.5) is 0 Å². The minimum absolute atomic E-state index is 0.211. The van der Waals surface area contributed by atoms with Crippen molar-refractivity contribution in [3.8, 4) is 5.75 Å². The van der Waals surface area contributed by atoms with Gasteiger partial charge in [-0.25, -0.2) is 4.79 Å². The Kier molecular flexibility index (Phi) is 6.21. The topological polar surface area (TPSA) is 64.6 Å². The molecule has 0 spiro atoms. The number of esters is 1. The lowest BCUT2D eigenvalue weighted by Gasteiger charge is -2.15. The Bertz CT molecular complexity index is 698. The minimum atomic E-state index is -0.570. The maximum atomic E-state index is 11.9. The number of methoxy groups -OCH3 is 1. The molecule has 0 fully saturated rings. The average molecular weight is 348 g/mol. The van der Waals surface area contributed by atoms with Crippen molar-refractivity contribution in [2.45, 2.75) is 13.0 Å². The highest BCUT2D eigenvalue weighted by Gasteiger charge is 2.13. The molecule has 0 heterocycles. The number of amides is 1. The molecule has 0 bridgehead atoms. The highest BCUT2D eigenvalue weighted by atomic mass is 35.5. The number of halogens is 1. The maximum Gasteiger partial charge on any atom is 0.338 e. The number of ether oxygens (including phenoxy) is 2. The summed E-state index contributed by atoms with van der Waals surface area (Å²) in [5, 5.41) is 3.30. The molecule has 1 amide bonds. The first kappa shape index (κ1) is 17.8. The third-order valence-corrected chi connectivity index (χ3v) is 3.66. The average Bonchev–Trinajstić information content (AvgIpc) is 2.60. The number of carbonyl (C=O) groups is 2. The lowest BCUT2D eigenvalue weighted by atomic mass is 10.1. The smallest absolute Gasteiger partial charge is 0.338 e. The van der Waals surface area contributed by atoms with E-state index >= 15 is 0 Å². The highest BCUT2D eigenvalue weighted by molar-refractivity contribution is 6.30. The van der Waals surface area contributed by atoms with E-state index in [0.717, 1.165) is 11.3 Å². The van der Waals surface area contributed by atoms with E-state index in [-0.39, 0.29) is 18.6 Å². The summed E-state index contributed by atoms with van der Waals surface area (Å²) < 4.78 is 10.1. The molecule has 1 atom stereocenters. The first-order valence-electron chi connectivity index (χ1n) is 7.35. The second kappa shape index (κ2) is 8.36. The van der Waals surface area contributed by atoms with E-state index < -0.39 is 5.97 Å². The van der Waals surface area contributed by atoms with Crippen molar-refractivity contribution in [2.24, 2.45) is 0 Å². The van der Waals surface area contributed by atoms with Crippen molar-refractivity contribution in [1.82, 2.24) is 5.32 Å². The van der Waals surface area contributed by atoms with Crippen LogP contribution in [-0.2, 0) is 9.53 Å². The Morgan fingerprint density at radius 3 is 2.29 bits per heavy atom. The molecule has 0 aliphatic rings. The number of hydrogen-bond donors (Lipinski definition) is 1. The Balaban J connectivity index is 1.83. The predicted molar refractivity (Wildman–Crippen MR) is 91.3 cm³/mol. The standard InChI is InChI=1S/C18H18ClNO4/c1-12(13-5-9-16(23-2)10-6-13)20-17(21)11-24-18(22)14-3-7-15(19)8-4-14/h3-10,12H,11H2,1-2H3,(H,20,21)/t12-/m1/s1. The minimum Gasteiger partial charge on any atom is -0.497 e. The van der Waals surface area contributed by atoms with Crippen LogP contribution in [-0.4, -0.2) is 25.6 Å². The molecular formula is C18H18ClNO4. The van der Waals surface area contributed by atoms with Gasteiger partial charge in [0.05, 0.1) is 18.7 Å². The number of carbonyl (C=O) groups excluding carboxylic acids is 2. The number of hydrogen-bond acceptors (Lipinski definition) is 4. The Morgan fingerprint density at radius 2 is 1.71 bits per heavy atom. The van der Waals surface area contributed by atoms with E-state index in [1.54, 1.807) is 31.4 Å². The summed E-state index contributed by atoms with van der Waals surface area (Å²) >= 11 is 5.75. The van der Waals surface area contributed by atoms with Crippen LogP contribution < -0.4 is 10.1 Å². The molecule has 0 aromatic heterocycles. The van der Waals surface area contributed by atoms with Crippen LogP contribution in [0.25, 0.3) is 0 Å². The molecule has 1 N–H and O–H groups in total. The van der Waals surface area contributed by atoms with Gasteiger partial charge >= 0.3 is 5.97 Å². The summed E-state index contributed by atoms with van der Waals surface area (Å²) in [5.74, 6) is -0.200. The molecule has 0 radical (unpaired) electrons. The van der Waals surface area contributed by atoms with E-state index in [1.807, 2.05) is 31.2 Å². The van der Waals surface area contributed by atoms with Gasteiger partial charge in [0.25, 0.3) is 5.91 Å². The molecule has 6 heteroatoms. The van der Waals surface area contributed by atoms with Gasteiger partial charge in [0.2, 0.25) is 0 Å². The van der Waals surface area contributed by atoms with Gasteiger partial charge in [0, 0.05) is 5.02 Å². The monoisotopic (exact) mass is 347 g/mol. The van der Waals surface area contributed by atoms with Crippen molar-refractivity contribution in [3.63, 3.8) is 0 Å². The zero-order valence-corrected chi connectivity index (χ0v) is 14.2. The molecule has 0 saturated heterocycles. The molecule has 0 aliphatic heterocycles. The van der Waals surface area contributed by atoms with Gasteiger partial charge in [-0.05, 0) is 48.9 Å². The molecule has 0 unspecified atom stereocenters. The zero-order chi connectivity index (χ0) is 17.5. The Hall–Kier alpha value is -2.53. The Morgan fingerprint density at radius 1 is 1.08 bits per heavy atom. The summed E-state index contributed by atoms with van der Waals surface area (Å²) in [4.78, 5) is 23.7. The molecule has 24 heavy (non-hydrogen) atoms. The van der Waals surface area contributed by atoms with Crippen LogP contribution >= 0.6 is 11.6 Å². The number of nitrogens with one attached hydrogen (secondary N) is 1. The van der Waals surface area contributed by atoms with E-state index in [9.17, 15) is 9.59 Å². The quantitative estimate of drug-likeness (QED) is 0.813. The molecule has 0 saturated carbocycles. The first-order valence-corrected chi connectivity index (χ1v) is 7.73. The zero-order valence-electron chi connectivity index (χ0n) is 13.4. The van der Waals surface area contributed by atoms with Crippen LogP contribution in [0.1, 0.15) is 28.9 Å². The van der Waals surface area contributed by atoms with Crippen LogP contribution in [0, 0.1) is 0 Å². The van der Waals surface area contributed by atoms with E-state index in [0.29, 0.717) is 10.6 Å². The third kappa shape index (κ3) is 4.99. The number of rotatable bonds is 6. The van der Waals surface area contributed by atoms with Gasteiger partial charge < -0.3 is 14.8 Å². The largest absolute Gasteiger partial charge is 0.497 e. The summed E-state index contributed by atoms with van der Waals surface area (Å²) in [5.41, 5.74) is 1.27. The molecule has 0 aliphatic carbocycles. The Labute approximate surface area is 145 Å². The number of benzene rings is 2. The fourth-order valence-electron chi connectivity index (χ4n) is 2.06. The van der Waals surface area contributed by atoms with Crippen molar-refractivity contribution in [1.29, 1.82) is 0 Å². The molecular weight excluding hydrogens is 330 g/mol. The highest BCUT2D eigenvalue weighted by Crippen LogP contribution is 2.17. The molecule has 2 aromatic rings. The van der Waals surface area contributed by atoms with Gasteiger partial charge in [-0.2, -0.15) is 0 Å². The normalized spacial score (nSPS) is 11.5. The van der Waals surface area contributed by atoms with E-state index in [1.165, 1.54) is 0 Å². The molecule has 2 rings (SSSR count). The van der Waals surface area contributed by atoms with Crippen molar-refractivity contribution >= 4 is 23.5 Å². The van der Waals surface area contributed by atoms with Gasteiger partial charge in [-0.15, -0.1) is 0 Å². The van der Waals surface area contributed by atoms with Gasteiger partial charge in [-0.1, -0.05) is 23.7 Å². The van der Waals surface area contributed by atoms with E-state index in [2.05, 4.69) is 5.32 Å². The summed E-state index contributed by atoms with van der Waals surface area (Å²) in [6.07, 6.45) is 0. The second-order valence-electron chi connectivity index (χ2n) is 5.15. The lowest BCUT2D eigenvalue weighted by molar-refractivity contribution is -0.124. The van der Waals surface area contributed by atoms with Crippen LogP contribution in [0.5, 0.6) is 5.75 Å². The predicted octanol–water partition coefficient (Wildman–Crippen LogP) is 3.38. The molecule has 2 aromatic carbocycles. The first-order chi connectivity index (χ1) is 11.5. The van der Waals surface area contributed by atoms with Crippen molar-refractivity contribution < 1.29 is 19.1 Å². The summed E-state index contributed by atoms with van der Waals surface area (Å²) in [6.45, 7) is 1.50. The summed E-state index contributed by atoms with van der Waals surface area (Å²) in [6, 6.07) is 13.4. The maximum absolute atomic E-state index is 11.9. The van der Waals surface area contributed by atoms with Crippen LogP contribution in [0.2, 0.25) is 5.02 Å². The van der Waals surface area contributed by atoms with Gasteiger partial charge in [0.15, 0.2) is 6.61 Å². The van der Waals surface area contributed by atoms with Gasteiger partial charge in [0.1, 0.15) is 5.75 Å². The van der Waals surface area contributed by atoms with Gasteiger partial charge in [-0.3, -0.25) is 4.79 Å². The molecule has 5 nitrogen and oxygen atoms in total. The fourth-order valence-corrected chi connectivity index (χ4v) is 2.19. The summed E-state index contributed by atoms with van der Waals surface area (Å²) in [7, 11) is 1.59. The third-order valence-electron chi connectivity index (χ3n) is 3.41. The van der Waals surface area contributed by atoms with Crippen molar-refractivity contribution in [2.75, 3.05) is 13.7 Å². The van der Waals surface area contributed by atoms with Crippen LogP contribution in [0.15, 0.2) is 48.5 Å². The molecule has 126 valence electrons. The second-order valence-corrected chi connectivity index (χ2v) is 5.58.